The van der Waals surface area contributed by atoms with Gasteiger partial charge in [0.15, 0.2) is 0 Å². The summed E-state index contributed by atoms with van der Waals surface area (Å²) >= 11 is 0. The van der Waals surface area contributed by atoms with Crippen LogP contribution in [0.25, 0.3) is 0 Å². The topological polar surface area (TPSA) is 0 Å². The quantitative estimate of drug-likeness (QED) is 0.423. The Morgan fingerprint density at radius 2 is 1.24 bits per heavy atom. The second kappa shape index (κ2) is 12.2. The van der Waals surface area contributed by atoms with E-state index in [1.807, 2.05) is 0 Å². The molecule has 0 aliphatic rings. The fourth-order valence-electron chi connectivity index (χ4n) is 3.15. The first kappa shape index (κ1) is 20.7. The number of para-hydroxylation sites is 1. The van der Waals surface area contributed by atoms with Crippen LogP contribution in [-0.4, -0.2) is 19.6 Å². The smallest absolute Gasteiger partial charge is 0.132 e. The zero-order valence-corrected chi connectivity index (χ0v) is 15.9. The van der Waals surface area contributed by atoms with Crippen LogP contribution in [0.5, 0.6) is 0 Å². The summed E-state index contributed by atoms with van der Waals surface area (Å²) in [4.78, 5) is 0. The van der Waals surface area contributed by atoms with Gasteiger partial charge in [0.2, 0.25) is 0 Å². The lowest BCUT2D eigenvalue weighted by Gasteiger charge is -2.36. The van der Waals surface area contributed by atoms with Gasteiger partial charge in [0.25, 0.3) is 0 Å². The van der Waals surface area contributed by atoms with Gasteiger partial charge >= 0.3 is 0 Å². The van der Waals surface area contributed by atoms with Crippen LogP contribution in [0.1, 0.15) is 65.7 Å². The lowest BCUT2D eigenvalue weighted by atomic mass is 10.1. The lowest BCUT2D eigenvalue weighted by Crippen LogP contribution is -3.00. The van der Waals surface area contributed by atoms with Crippen LogP contribution < -0.4 is 21.5 Å². The molecule has 0 radical (unpaired) electrons. The number of unbranched alkanes of at least 4 members (excludes halogenated alkanes) is 6. The molecule has 21 heavy (non-hydrogen) atoms. The molecule has 0 amide bonds. The standard InChI is InChI=1S/C19H34N.BrH/c1-4-7-8-9-10-11-15-18-20(5-2,6-3)19-16-13-12-14-17-19;/h12-14,16-17H,4-11,15,18H2,1-3H3;1H/q+1;/p-1. The minimum atomic E-state index is 0. The zero-order chi connectivity index (χ0) is 14.7. The van der Waals surface area contributed by atoms with Crippen LogP contribution in [0.15, 0.2) is 30.3 Å². The van der Waals surface area contributed by atoms with Crippen molar-refractivity contribution in [2.45, 2.75) is 65.7 Å². The van der Waals surface area contributed by atoms with Gasteiger partial charge in [0.1, 0.15) is 5.69 Å². The summed E-state index contributed by atoms with van der Waals surface area (Å²) in [5.74, 6) is 0. The third kappa shape index (κ3) is 6.97. The second-order valence-electron chi connectivity index (χ2n) is 5.96. The van der Waals surface area contributed by atoms with Gasteiger partial charge in [0, 0.05) is 0 Å². The Kier molecular flexibility index (Phi) is 12.0. The van der Waals surface area contributed by atoms with E-state index in [2.05, 4.69) is 51.1 Å². The van der Waals surface area contributed by atoms with Crippen molar-refractivity contribution in [3.05, 3.63) is 30.3 Å². The average Bonchev–Trinajstić information content (AvgIpc) is 2.52. The molecule has 1 aromatic rings. The number of hydrogen-bond acceptors (Lipinski definition) is 0. The summed E-state index contributed by atoms with van der Waals surface area (Å²) in [6.07, 6.45) is 9.79. The Bertz CT molecular complexity index is 333. The molecule has 122 valence electrons. The molecule has 2 heteroatoms. The van der Waals surface area contributed by atoms with Crippen LogP contribution in [0.2, 0.25) is 0 Å². The van der Waals surface area contributed by atoms with Gasteiger partial charge in [-0.1, -0.05) is 57.2 Å². The summed E-state index contributed by atoms with van der Waals surface area (Å²) < 4.78 is 1.15. The van der Waals surface area contributed by atoms with Crippen LogP contribution in [0.3, 0.4) is 0 Å². The Morgan fingerprint density at radius 3 is 1.76 bits per heavy atom. The number of hydrogen-bond donors (Lipinski definition) is 0. The molecular weight excluding hydrogens is 322 g/mol. The average molecular weight is 356 g/mol. The Balaban J connectivity index is 0.00000400. The van der Waals surface area contributed by atoms with E-state index >= 15 is 0 Å². The summed E-state index contributed by atoms with van der Waals surface area (Å²) in [6.45, 7) is 10.7. The van der Waals surface area contributed by atoms with Crippen molar-refractivity contribution >= 4 is 5.69 Å². The van der Waals surface area contributed by atoms with E-state index in [1.165, 1.54) is 70.3 Å². The predicted molar refractivity (Wildman–Crippen MR) is 92.2 cm³/mol. The molecule has 0 fully saturated rings. The van der Waals surface area contributed by atoms with Crippen molar-refractivity contribution in [1.82, 2.24) is 4.48 Å². The molecule has 1 aromatic carbocycles. The number of rotatable bonds is 11. The highest BCUT2D eigenvalue weighted by Crippen LogP contribution is 2.23. The zero-order valence-electron chi connectivity index (χ0n) is 14.3. The Labute approximate surface area is 143 Å². The summed E-state index contributed by atoms with van der Waals surface area (Å²) in [6, 6.07) is 11.1. The molecule has 0 N–H and O–H groups in total. The normalized spacial score (nSPS) is 11.2. The molecule has 0 saturated heterocycles. The molecule has 0 aliphatic heterocycles. The van der Waals surface area contributed by atoms with Crippen molar-refractivity contribution in [1.29, 1.82) is 0 Å². The van der Waals surface area contributed by atoms with Crippen molar-refractivity contribution in [3.63, 3.8) is 0 Å². The van der Waals surface area contributed by atoms with Gasteiger partial charge in [0.05, 0.1) is 19.6 Å². The molecule has 0 bridgehead atoms. The van der Waals surface area contributed by atoms with Crippen LogP contribution in [0.4, 0.5) is 5.69 Å². The van der Waals surface area contributed by atoms with Crippen molar-refractivity contribution in [2.24, 2.45) is 0 Å². The first-order valence-electron chi connectivity index (χ1n) is 8.70. The Hall–Kier alpha value is -0.340. The maximum atomic E-state index is 2.33. The van der Waals surface area contributed by atoms with Gasteiger partial charge in [-0.3, -0.25) is 4.48 Å². The second-order valence-corrected chi connectivity index (χ2v) is 5.96. The molecule has 1 rings (SSSR count). The maximum Gasteiger partial charge on any atom is 0.132 e. The van der Waals surface area contributed by atoms with E-state index in [0.717, 1.165) is 4.48 Å². The first-order chi connectivity index (χ1) is 9.79. The van der Waals surface area contributed by atoms with Gasteiger partial charge < -0.3 is 17.0 Å². The molecule has 1 nitrogen and oxygen atoms in total. The van der Waals surface area contributed by atoms with Crippen molar-refractivity contribution in [2.75, 3.05) is 19.6 Å². The van der Waals surface area contributed by atoms with Gasteiger partial charge in [-0.05, 0) is 38.8 Å². The molecule has 0 unspecified atom stereocenters. The SMILES string of the molecule is CCCCCCCCC[N+](CC)(CC)c1ccccc1.[Br-]. The summed E-state index contributed by atoms with van der Waals surface area (Å²) in [7, 11) is 0. The lowest BCUT2D eigenvalue weighted by molar-refractivity contribution is -0.00000439. The van der Waals surface area contributed by atoms with Crippen molar-refractivity contribution in [3.8, 4) is 0 Å². The fourth-order valence-corrected chi connectivity index (χ4v) is 3.15. The molecule has 0 spiro atoms. The summed E-state index contributed by atoms with van der Waals surface area (Å²) in [5.41, 5.74) is 1.49. The number of quaternary nitrogens is 1. The van der Waals surface area contributed by atoms with Crippen LogP contribution >= 0.6 is 0 Å². The first-order valence-corrected chi connectivity index (χ1v) is 8.70. The monoisotopic (exact) mass is 355 g/mol. The van der Waals surface area contributed by atoms with E-state index in [9.17, 15) is 0 Å². The van der Waals surface area contributed by atoms with Gasteiger partial charge in [-0.2, -0.15) is 0 Å². The molecule has 0 aromatic heterocycles. The fraction of sp³-hybridized carbons (Fsp3) is 0.684. The summed E-state index contributed by atoms with van der Waals surface area (Å²) in [5, 5.41) is 0. The highest BCUT2D eigenvalue weighted by Gasteiger charge is 2.25. The number of nitrogens with zero attached hydrogens (tertiary/aromatic N) is 1. The molecule has 0 saturated carbocycles. The van der Waals surface area contributed by atoms with E-state index in [1.54, 1.807) is 0 Å². The third-order valence-corrected chi connectivity index (χ3v) is 4.70. The maximum absolute atomic E-state index is 2.33. The van der Waals surface area contributed by atoms with Crippen LogP contribution in [-0.2, 0) is 0 Å². The number of benzene rings is 1. The molecule has 0 heterocycles. The minimum Gasteiger partial charge on any atom is -1.00 e. The molecular formula is C19H34BrN. The van der Waals surface area contributed by atoms with E-state index in [-0.39, 0.29) is 17.0 Å². The van der Waals surface area contributed by atoms with E-state index in [0.29, 0.717) is 0 Å². The van der Waals surface area contributed by atoms with Crippen LogP contribution in [0, 0.1) is 0 Å². The Morgan fingerprint density at radius 1 is 0.714 bits per heavy atom. The van der Waals surface area contributed by atoms with Gasteiger partial charge in [-0.25, -0.2) is 0 Å². The molecule has 0 atom stereocenters. The largest absolute Gasteiger partial charge is 1.00 e. The third-order valence-electron chi connectivity index (χ3n) is 4.70. The van der Waals surface area contributed by atoms with E-state index in [4.69, 9.17) is 0 Å². The predicted octanol–water partition coefficient (Wildman–Crippen LogP) is 2.79. The van der Waals surface area contributed by atoms with E-state index < -0.39 is 0 Å². The van der Waals surface area contributed by atoms with Crippen molar-refractivity contribution < 1.29 is 17.0 Å². The number of halogens is 1. The van der Waals surface area contributed by atoms with Gasteiger partial charge in [-0.15, -0.1) is 0 Å². The highest BCUT2D eigenvalue weighted by atomic mass is 79.9. The highest BCUT2D eigenvalue weighted by molar-refractivity contribution is 5.42. The minimum absolute atomic E-state index is 0. The molecule has 0 aliphatic carbocycles.